The van der Waals surface area contributed by atoms with Crippen molar-refractivity contribution >= 4 is 0 Å². The van der Waals surface area contributed by atoms with E-state index in [1.165, 1.54) is 31.3 Å². The van der Waals surface area contributed by atoms with E-state index >= 15 is 0 Å². The molecule has 0 heterocycles. The zero-order chi connectivity index (χ0) is 11.5. The molecule has 0 bridgehead atoms. The molecule has 0 amide bonds. The fourth-order valence-electron chi connectivity index (χ4n) is 4.17. The van der Waals surface area contributed by atoms with Crippen LogP contribution in [0.4, 0.5) is 0 Å². The van der Waals surface area contributed by atoms with Crippen LogP contribution in [-0.4, -0.2) is 0 Å². The fraction of sp³-hybridized carbons (Fsp3) is 0.750. The molecule has 0 N–H and O–H groups in total. The minimum Gasteiger partial charge on any atom is -0.0561 e. The first-order chi connectivity index (χ1) is 7.50. The van der Waals surface area contributed by atoms with Gasteiger partial charge in [0.05, 0.1) is 0 Å². The van der Waals surface area contributed by atoms with E-state index in [9.17, 15) is 0 Å². The van der Waals surface area contributed by atoms with E-state index in [0.29, 0.717) is 0 Å². The van der Waals surface area contributed by atoms with Gasteiger partial charge in [0.15, 0.2) is 0 Å². The molecule has 3 aliphatic rings. The molecule has 1 radical (unpaired) electrons. The van der Waals surface area contributed by atoms with Crippen LogP contribution in [0.15, 0.2) is 16.7 Å². The van der Waals surface area contributed by atoms with E-state index in [-0.39, 0.29) is 5.41 Å². The van der Waals surface area contributed by atoms with Crippen LogP contribution in [0.2, 0.25) is 0 Å². The first-order valence-corrected chi connectivity index (χ1v) is 6.85. The minimum absolute atomic E-state index is 0.289. The van der Waals surface area contributed by atoms with Crippen molar-refractivity contribution in [3.8, 4) is 0 Å². The van der Waals surface area contributed by atoms with Gasteiger partial charge in [0.25, 0.3) is 0 Å². The van der Waals surface area contributed by atoms with Gasteiger partial charge >= 0.3 is 0 Å². The Kier molecular flexibility index (Phi) is 2.15. The number of rotatable bonds is 0. The zero-order valence-electron chi connectivity index (χ0n) is 11.1. The van der Waals surface area contributed by atoms with Gasteiger partial charge in [-0.2, -0.15) is 0 Å². The zero-order valence-corrected chi connectivity index (χ0v) is 11.1. The number of hydrogen-bond acceptors (Lipinski definition) is 0. The average molecular weight is 215 g/mol. The topological polar surface area (TPSA) is 0 Å². The molecule has 0 aliphatic heterocycles. The third-order valence-electron chi connectivity index (χ3n) is 4.84. The SMILES string of the molecule is CC1=C2C([C]=C1C(C)(C)C)C1CCCCC21. The smallest absolute Gasteiger partial charge is 0.00969 e. The average Bonchev–Trinajstić information content (AvgIpc) is 2.46. The van der Waals surface area contributed by atoms with Gasteiger partial charge in [-0.15, -0.1) is 0 Å². The minimum atomic E-state index is 0.289. The van der Waals surface area contributed by atoms with Crippen LogP contribution in [0.25, 0.3) is 0 Å². The molecule has 0 aromatic heterocycles. The van der Waals surface area contributed by atoms with E-state index in [0.717, 1.165) is 17.8 Å². The Morgan fingerprint density at radius 2 is 1.81 bits per heavy atom. The van der Waals surface area contributed by atoms with Gasteiger partial charge in [-0.25, -0.2) is 0 Å². The fourth-order valence-corrected chi connectivity index (χ4v) is 4.17. The van der Waals surface area contributed by atoms with E-state index in [1.807, 2.05) is 0 Å². The van der Waals surface area contributed by atoms with Crippen LogP contribution < -0.4 is 0 Å². The maximum Gasteiger partial charge on any atom is 0.00969 e. The summed E-state index contributed by atoms with van der Waals surface area (Å²) in [7, 11) is 0. The Hall–Kier alpha value is -0.520. The lowest BCUT2D eigenvalue weighted by Crippen LogP contribution is -2.40. The molecule has 0 aromatic carbocycles. The Morgan fingerprint density at radius 3 is 2.50 bits per heavy atom. The molecule has 0 spiro atoms. The second-order valence-corrected chi connectivity index (χ2v) is 6.88. The second kappa shape index (κ2) is 3.24. The largest absolute Gasteiger partial charge is 0.0561 e. The van der Waals surface area contributed by atoms with Crippen LogP contribution in [0.5, 0.6) is 0 Å². The summed E-state index contributed by atoms with van der Waals surface area (Å²) in [5.74, 6) is 2.61. The van der Waals surface area contributed by atoms with Crippen molar-refractivity contribution in [2.45, 2.75) is 53.4 Å². The number of allylic oxidation sites excluding steroid dienone is 4. The summed E-state index contributed by atoms with van der Waals surface area (Å²) in [5.41, 5.74) is 5.18. The molecule has 3 atom stereocenters. The van der Waals surface area contributed by atoms with Gasteiger partial charge in [0.2, 0.25) is 0 Å². The van der Waals surface area contributed by atoms with Crippen LogP contribution in [-0.2, 0) is 0 Å². The Balaban J connectivity index is 1.95. The second-order valence-electron chi connectivity index (χ2n) is 6.88. The van der Waals surface area contributed by atoms with Crippen molar-refractivity contribution in [3.63, 3.8) is 0 Å². The van der Waals surface area contributed by atoms with Gasteiger partial charge < -0.3 is 0 Å². The maximum atomic E-state index is 3.82. The third-order valence-corrected chi connectivity index (χ3v) is 4.84. The van der Waals surface area contributed by atoms with Gasteiger partial charge in [0.1, 0.15) is 0 Å². The summed E-state index contributed by atoms with van der Waals surface area (Å²) in [5, 5.41) is 0. The predicted molar refractivity (Wildman–Crippen MR) is 67.8 cm³/mol. The molecule has 0 heteroatoms. The van der Waals surface area contributed by atoms with Gasteiger partial charge in [0, 0.05) is 5.92 Å². The maximum absolute atomic E-state index is 3.82. The third kappa shape index (κ3) is 1.28. The molecular formula is C16H23. The van der Waals surface area contributed by atoms with Crippen molar-refractivity contribution in [1.82, 2.24) is 0 Å². The molecular weight excluding hydrogens is 192 g/mol. The molecule has 2 fully saturated rings. The molecule has 3 rings (SSSR count). The summed E-state index contributed by atoms with van der Waals surface area (Å²) in [6.45, 7) is 9.32. The lowest BCUT2D eigenvalue weighted by molar-refractivity contribution is 0.140. The first kappa shape index (κ1) is 10.6. The lowest BCUT2D eigenvalue weighted by Gasteiger charge is -2.48. The molecule has 0 nitrogen and oxygen atoms in total. The molecule has 0 saturated heterocycles. The molecule has 87 valence electrons. The molecule has 0 aromatic rings. The Labute approximate surface area is 99.8 Å². The standard InChI is InChI=1S/C16H23/c1-10-14(16(2,3)4)9-13-11-7-5-6-8-12(11)15(10)13/h11-13H,5-8H2,1-4H3. The van der Waals surface area contributed by atoms with E-state index in [2.05, 4.69) is 33.8 Å². The first-order valence-electron chi connectivity index (χ1n) is 6.85. The van der Waals surface area contributed by atoms with Gasteiger partial charge in [-0.3, -0.25) is 0 Å². The predicted octanol–water partition coefficient (Wildman–Crippen LogP) is 4.53. The van der Waals surface area contributed by atoms with Crippen molar-refractivity contribution in [2.75, 3.05) is 0 Å². The van der Waals surface area contributed by atoms with E-state index in [1.54, 1.807) is 11.1 Å². The quantitative estimate of drug-likeness (QED) is 0.557. The van der Waals surface area contributed by atoms with Crippen molar-refractivity contribution in [1.29, 1.82) is 0 Å². The number of hydrogen-bond donors (Lipinski definition) is 0. The number of fused-ring (bicyclic) bond motifs is 4. The summed E-state index contributed by atoms with van der Waals surface area (Å²) >= 11 is 0. The van der Waals surface area contributed by atoms with Crippen LogP contribution >= 0.6 is 0 Å². The highest BCUT2D eigenvalue weighted by Crippen LogP contribution is 2.60. The molecule has 2 saturated carbocycles. The van der Waals surface area contributed by atoms with Crippen molar-refractivity contribution in [2.24, 2.45) is 23.2 Å². The highest BCUT2D eigenvalue weighted by molar-refractivity contribution is 5.49. The summed E-state index contributed by atoms with van der Waals surface area (Å²) < 4.78 is 0. The van der Waals surface area contributed by atoms with Gasteiger partial charge in [-0.05, 0) is 54.2 Å². The monoisotopic (exact) mass is 215 g/mol. The summed E-state index contributed by atoms with van der Waals surface area (Å²) in [4.78, 5) is 0. The molecule has 3 unspecified atom stereocenters. The van der Waals surface area contributed by atoms with Crippen LogP contribution in [0.1, 0.15) is 53.4 Å². The Bertz CT molecular complexity index is 375. The molecule has 3 aliphatic carbocycles. The lowest BCUT2D eigenvalue weighted by atomic mass is 9.56. The van der Waals surface area contributed by atoms with E-state index in [4.69, 9.17) is 0 Å². The van der Waals surface area contributed by atoms with Crippen LogP contribution in [0.3, 0.4) is 0 Å². The van der Waals surface area contributed by atoms with Crippen molar-refractivity contribution in [3.05, 3.63) is 22.8 Å². The van der Waals surface area contributed by atoms with Crippen LogP contribution in [0, 0.1) is 29.2 Å². The summed E-state index contributed by atoms with van der Waals surface area (Å²) in [6.07, 6.45) is 9.64. The highest BCUT2D eigenvalue weighted by Gasteiger charge is 2.50. The Morgan fingerprint density at radius 1 is 1.12 bits per heavy atom. The summed E-state index contributed by atoms with van der Waals surface area (Å²) in [6, 6.07) is 0. The van der Waals surface area contributed by atoms with Crippen molar-refractivity contribution < 1.29 is 0 Å². The normalized spacial score (nSPS) is 37.8. The van der Waals surface area contributed by atoms with E-state index < -0.39 is 0 Å². The highest BCUT2D eigenvalue weighted by atomic mass is 14.5. The van der Waals surface area contributed by atoms with Gasteiger partial charge in [-0.1, -0.05) is 39.2 Å². The molecule has 16 heavy (non-hydrogen) atoms.